The molecule has 0 fully saturated rings. The topological polar surface area (TPSA) is 33.1 Å². The van der Waals surface area contributed by atoms with Crippen molar-refractivity contribution in [3.05, 3.63) is 78.1 Å². The standard InChI is InChI=1S/C29H38N4/c1-3-32(4-2)21-11-10-19-30-23-27-29-26(18-20-31-27)25-16-8-9-17-28(25)33(29)22-12-15-24-13-6-5-7-14-24/h5-9,13-14,16-18,20,30H,3-4,10-12,15,19,21-23H2,1-2H3. The van der Waals surface area contributed by atoms with Gasteiger partial charge in [0, 0.05) is 35.6 Å². The van der Waals surface area contributed by atoms with Crippen LogP contribution in [0, 0.1) is 0 Å². The van der Waals surface area contributed by atoms with Crippen LogP contribution in [0.4, 0.5) is 0 Å². The Hall–Kier alpha value is -2.69. The summed E-state index contributed by atoms with van der Waals surface area (Å²) in [5.41, 5.74) is 5.17. The molecule has 33 heavy (non-hydrogen) atoms. The summed E-state index contributed by atoms with van der Waals surface area (Å²) in [6, 6.07) is 21.8. The van der Waals surface area contributed by atoms with Gasteiger partial charge in [0.1, 0.15) is 0 Å². The maximum absolute atomic E-state index is 4.81. The predicted octanol–water partition coefficient (Wildman–Crippen LogP) is 6.03. The number of fused-ring (bicyclic) bond motifs is 3. The van der Waals surface area contributed by atoms with Crippen molar-refractivity contribution in [1.29, 1.82) is 0 Å². The molecule has 0 aliphatic rings. The summed E-state index contributed by atoms with van der Waals surface area (Å²) in [5, 5.41) is 6.31. The number of nitrogens with zero attached hydrogens (tertiary/aromatic N) is 3. The highest BCUT2D eigenvalue weighted by Gasteiger charge is 2.14. The average Bonchev–Trinajstić information content (AvgIpc) is 3.19. The monoisotopic (exact) mass is 442 g/mol. The van der Waals surface area contributed by atoms with E-state index < -0.39 is 0 Å². The Bertz CT molecular complexity index is 1130. The van der Waals surface area contributed by atoms with Gasteiger partial charge in [-0.2, -0.15) is 0 Å². The molecular weight excluding hydrogens is 404 g/mol. The van der Waals surface area contributed by atoms with Crippen LogP contribution in [0.5, 0.6) is 0 Å². The van der Waals surface area contributed by atoms with E-state index in [0.717, 1.165) is 51.3 Å². The third-order valence-electron chi connectivity index (χ3n) is 6.71. The summed E-state index contributed by atoms with van der Waals surface area (Å²) in [5.74, 6) is 0. The number of para-hydroxylation sites is 1. The fraction of sp³-hybridized carbons (Fsp3) is 0.414. The number of aromatic nitrogens is 2. The Balaban J connectivity index is 1.46. The van der Waals surface area contributed by atoms with Gasteiger partial charge in [-0.15, -0.1) is 0 Å². The van der Waals surface area contributed by atoms with Gasteiger partial charge < -0.3 is 14.8 Å². The highest BCUT2D eigenvalue weighted by molar-refractivity contribution is 6.08. The SMILES string of the molecule is CCN(CC)CCCCNCc1nccc2c3ccccc3n(CCCc3ccccc3)c12. The first-order valence-corrected chi connectivity index (χ1v) is 12.6. The van der Waals surface area contributed by atoms with E-state index in [-0.39, 0.29) is 0 Å². The molecule has 0 aliphatic carbocycles. The molecule has 0 bridgehead atoms. The number of unbranched alkanes of at least 4 members (excludes halogenated alkanes) is 1. The van der Waals surface area contributed by atoms with Gasteiger partial charge in [-0.25, -0.2) is 0 Å². The summed E-state index contributed by atoms with van der Waals surface area (Å²) in [4.78, 5) is 7.31. The van der Waals surface area contributed by atoms with E-state index in [1.165, 1.54) is 46.8 Å². The number of aryl methyl sites for hydroxylation is 2. The smallest absolute Gasteiger partial charge is 0.0784 e. The third-order valence-corrected chi connectivity index (χ3v) is 6.71. The number of hydrogen-bond donors (Lipinski definition) is 1. The molecule has 0 unspecified atom stereocenters. The molecule has 2 aromatic heterocycles. The van der Waals surface area contributed by atoms with Crippen molar-refractivity contribution in [2.75, 3.05) is 26.2 Å². The van der Waals surface area contributed by atoms with Crippen LogP contribution < -0.4 is 5.32 Å². The minimum Gasteiger partial charge on any atom is -0.339 e. The van der Waals surface area contributed by atoms with Gasteiger partial charge in [0.2, 0.25) is 0 Å². The summed E-state index contributed by atoms with van der Waals surface area (Å²) in [6.45, 7) is 10.8. The molecule has 2 aromatic carbocycles. The Kier molecular flexibility index (Phi) is 8.51. The van der Waals surface area contributed by atoms with Crippen LogP contribution >= 0.6 is 0 Å². The van der Waals surface area contributed by atoms with Crippen LogP contribution in [0.1, 0.15) is 44.4 Å². The summed E-state index contributed by atoms with van der Waals surface area (Å²) in [6.07, 6.45) is 6.62. The average molecular weight is 443 g/mol. The summed E-state index contributed by atoms with van der Waals surface area (Å²) in [7, 11) is 0. The zero-order valence-corrected chi connectivity index (χ0v) is 20.3. The maximum Gasteiger partial charge on any atom is 0.0784 e. The summed E-state index contributed by atoms with van der Waals surface area (Å²) >= 11 is 0. The minimum atomic E-state index is 0.817. The van der Waals surface area contributed by atoms with Gasteiger partial charge in [-0.1, -0.05) is 62.4 Å². The molecule has 4 aromatic rings. The first-order chi connectivity index (χ1) is 16.3. The molecule has 1 N–H and O–H groups in total. The second kappa shape index (κ2) is 12.0. The molecular formula is C29H38N4. The van der Waals surface area contributed by atoms with Gasteiger partial charge in [-0.05, 0) is 69.6 Å². The lowest BCUT2D eigenvalue weighted by Gasteiger charge is -2.17. The number of rotatable bonds is 13. The zero-order chi connectivity index (χ0) is 22.9. The van der Waals surface area contributed by atoms with E-state index >= 15 is 0 Å². The van der Waals surface area contributed by atoms with Crippen LogP contribution in [0.2, 0.25) is 0 Å². The van der Waals surface area contributed by atoms with Gasteiger partial charge in [0.15, 0.2) is 0 Å². The Morgan fingerprint density at radius 1 is 0.848 bits per heavy atom. The molecule has 0 aliphatic heterocycles. The number of nitrogens with one attached hydrogen (secondary N) is 1. The normalized spacial score (nSPS) is 11.7. The van der Waals surface area contributed by atoms with E-state index in [9.17, 15) is 0 Å². The molecule has 0 spiro atoms. The van der Waals surface area contributed by atoms with E-state index in [0.29, 0.717) is 0 Å². The van der Waals surface area contributed by atoms with Gasteiger partial charge in [0.25, 0.3) is 0 Å². The minimum absolute atomic E-state index is 0.817. The first-order valence-electron chi connectivity index (χ1n) is 12.6. The quantitative estimate of drug-likeness (QED) is 0.257. The van der Waals surface area contributed by atoms with E-state index in [2.05, 4.69) is 89.3 Å². The lowest BCUT2D eigenvalue weighted by molar-refractivity contribution is 0.296. The highest BCUT2D eigenvalue weighted by atomic mass is 15.1. The molecule has 2 heterocycles. The number of benzene rings is 2. The molecule has 4 rings (SSSR count). The highest BCUT2D eigenvalue weighted by Crippen LogP contribution is 2.30. The molecule has 4 heteroatoms. The largest absolute Gasteiger partial charge is 0.339 e. The van der Waals surface area contributed by atoms with E-state index in [4.69, 9.17) is 4.98 Å². The van der Waals surface area contributed by atoms with Gasteiger partial charge >= 0.3 is 0 Å². The molecule has 0 saturated carbocycles. The van der Waals surface area contributed by atoms with Crippen molar-refractivity contribution in [3.8, 4) is 0 Å². The predicted molar refractivity (Wildman–Crippen MR) is 141 cm³/mol. The van der Waals surface area contributed by atoms with Crippen molar-refractivity contribution in [3.63, 3.8) is 0 Å². The number of hydrogen-bond acceptors (Lipinski definition) is 3. The number of pyridine rings is 1. The van der Waals surface area contributed by atoms with Gasteiger partial charge in [0.05, 0.1) is 11.2 Å². The van der Waals surface area contributed by atoms with Crippen LogP contribution in [0.25, 0.3) is 21.8 Å². The van der Waals surface area contributed by atoms with Crippen LogP contribution in [-0.4, -0.2) is 40.6 Å². The van der Waals surface area contributed by atoms with E-state index in [1.807, 2.05) is 6.20 Å². The van der Waals surface area contributed by atoms with Crippen molar-refractivity contribution in [1.82, 2.24) is 19.8 Å². The lowest BCUT2D eigenvalue weighted by Crippen LogP contribution is -2.25. The molecule has 0 amide bonds. The van der Waals surface area contributed by atoms with Crippen LogP contribution in [0.15, 0.2) is 66.9 Å². The van der Waals surface area contributed by atoms with E-state index in [1.54, 1.807) is 0 Å². The Morgan fingerprint density at radius 2 is 1.64 bits per heavy atom. The molecule has 0 atom stereocenters. The van der Waals surface area contributed by atoms with Crippen LogP contribution in [0.3, 0.4) is 0 Å². The fourth-order valence-electron chi connectivity index (χ4n) is 4.85. The molecule has 4 nitrogen and oxygen atoms in total. The van der Waals surface area contributed by atoms with Crippen LogP contribution in [-0.2, 0) is 19.5 Å². The van der Waals surface area contributed by atoms with Crippen molar-refractivity contribution < 1.29 is 0 Å². The second-order valence-electron chi connectivity index (χ2n) is 8.82. The summed E-state index contributed by atoms with van der Waals surface area (Å²) < 4.78 is 2.50. The van der Waals surface area contributed by atoms with Crippen molar-refractivity contribution in [2.24, 2.45) is 0 Å². The van der Waals surface area contributed by atoms with Gasteiger partial charge in [-0.3, -0.25) is 4.98 Å². The Morgan fingerprint density at radius 3 is 2.45 bits per heavy atom. The molecule has 0 saturated heterocycles. The van der Waals surface area contributed by atoms with Crippen molar-refractivity contribution in [2.45, 2.75) is 52.6 Å². The zero-order valence-electron chi connectivity index (χ0n) is 20.3. The Labute approximate surface area is 198 Å². The third kappa shape index (κ3) is 5.82. The molecule has 0 radical (unpaired) electrons. The lowest BCUT2D eigenvalue weighted by atomic mass is 10.1. The first kappa shape index (κ1) is 23.5. The second-order valence-corrected chi connectivity index (χ2v) is 8.82. The van der Waals surface area contributed by atoms with Crippen molar-refractivity contribution >= 4 is 21.8 Å². The maximum atomic E-state index is 4.81. The fourth-order valence-corrected chi connectivity index (χ4v) is 4.85. The molecule has 174 valence electrons.